The van der Waals surface area contributed by atoms with Gasteiger partial charge in [0.2, 0.25) is 24.4 Å². The highest BCUT2D eigenvalue weighted by Crippen LogP contribution is 2.36. The Morgan fingerprint density at radius 3 is 2.93 bits per heavy atom. The summed E-state index contributed by atoms with van der Waals surface area (Å²) in [6.07, 6.45) is 0.396. The Morgan fingerprint density at radius 2 is 2.11 bits per heavy atom. The van der Waals surface area contributed by atoms with E-state index in [1.807, 2.05) is 18.0 Å². The average Bonchev–Trinajstić information content (AvgIpc) is 3.38. The second-order valence-corrected chi connectivity index (χ2v) is 6.87. The Labute approximate surface area is 160 Å². The first-order chi connectivity index (χ1) is 13.5. The van der Waals surface area contributed by atoms with Gasteiger partial charge in [0, 0.05) is 24.6 Å². The fourth-order valence-corrected chi connectivity index (χ4v) is 3.44. The molecule has 4 rings (SSSR count). The van der Waals surface area contributed by atoms with Gasteiger partial charge in [0.15, 0.2) is 11.5 Å². The van der Waals surface area contributed by atoms with Crippen LogP contribution in [0.25, 0.3) is 11.4 Å². The lowest BCUT2D eigenvalue weighted by Gasteiger charge is -2.14. The number of benzene rings is 1. The Hall–Kier alpha value is -3.14. The normalized spacial score (nSPS) is 21.0. The molecule has 148 valence electrons. The van der Waals surface area contributed by atoms with Crippen molar-refractivity contribution in [1.29, 1.82) is 0 Å². The summed E-state index contributed by atoms with van der Waals surface area (Å²) >= 11 is 0. The van der Waals surface area contributed by atoms with Gasteiger partial charge in [0.05, 0.1) is 12.5 Å². The van der Waals surface area contributed by atoms with Crippen LogP contribution < -0.4 is 14.8 Å². The molecule has 10 heteroatoms. The Bertz CT molecular complexity index is 898. The van der Waals surface area contributed by atoms with Gasteiger partial charge in [-0.05, 0) is 31.7 Å². The number of likely N-dealkylation sites (N-methyl/N-ethyl adjacent to an activating group) is 1. The van der Waals surface area contributed by atoms with Crippen molar-refractivity contribution in [3.63, 3.8) is 0 Å². The zero-order valence-electron chi connectivity index (χ0n) is 15.3. The molecule has 2 aromatic rings. The minimum absolute atomic E-state index is 0.0327. The quantitative estimate of drug-likeness (QED) is 0.750. The van der Waals surface area contributed by atoms with E-state index in [0.717, 1.165) is 5.56 Å². The number of nitrogens with one attached hydrogen (secondary N) is 1. The molecule has 28 heavy (non-hydrogen) atoms. The molecule has 0 bridgehead atoms. The predicted octanol–water partition coefficient (Wildman–Crippen LogP) is 1.19. The molecule has 2 unspecified atom stereocenters. The number of likely N-dealkylation sites (tertiary alicyclic amines) is 1. The Balaban J connectivity index is 1.41. The molecule has 2 N–H and O–H groups in total. The van der Waals surface area contributed by atoms with Gasteiger partial charge in [0.25, 0.3) is 0 Å². The monoisotopic (exact) mass is 388 g/mol. The van der Waals surface area contributed by atoms with Gasteiger partial charge in [-0.15, -0.1) is 0 Å². The Morgan fingerprint density at radius 1 is 1.29 bits per heavy atom. The van der Waals surface area contributed by atoms with E-state index in [4.69, 9.17) is 19.1 Å². The number of carboxylic acids is 1. The molecule has 1 saturated heterocycles. The number of hydrogen-bond acceptors (Lipinski definition) is 8. The SMILES string of the molecule is CN1CC(NC(=O)CCC(=O)O)CC1c1nc(-c2ccc3c(c2)OCO3)no1. The van der Waals surface area contributed by atoms with Gasteiger partial charge >= 0.3 is 5.97 Å². The number of hydrogen-bond donors (Lipinski definition) is 2. The minimum Gasteiger partial charge on any atom is -0.481 e. The lowest BCUT2D eigenvalue weighted by molar-refractivity contribution is -0.138. The molecular formula is C18H20N4O6. The molecule has 2 atom stereocenters. The molecule has 0 aliphatic carbocycles. The minimum atomic E-state index is -0.988. The molecule has 2 aliphatic heterocycles. The number of carbonyl (C=O) groups excluding carboxylic acids is 1. The van der Waals surface area contributed by atoms with Crippen molar-refractivity contribution < 1.29 is 28.7 Å². The van der Waals surface area contributed by atoms with Crippen LogP contribution in [0.5, 0.6) is 11.5 Å². The third-order valence-corrected chi connectivity index (χ3v) is 4.84. The van der Waals surface area contributed by atoms with Crippen LogP contribution >= 0.6 is 0 Å². The predicted molar refractivity (Wildman–Crippen MR) is 94.6 cm³/mol. The van der Waals surface area contributed by atoms with Crippen LogP contribution in [0.3, 0.4) is 0 Å². The van der Waals surface area contributed by atoms with Crippen molar-refractivity contribution in [3.8, 4) is 22.9 Å². The number of carbonyl (C=O) groups is 2. The van der Waals surface area contributed by atoms with E-state index in [0.29, 0.717) is 36.2 Å². The number of amides is 1. The van der Waals surface area contributed by atoms with E-state index in [9.17, 15) is 9.59 Å². The number of nitrogens with zero attached hydrogens (tertiary/aromatic N) is 3. The van der Waals surface area contributed by atoms with Crippen molar-refractivity contribution in [1.82, 2.24) is 20.4 Å². The molecule has 3 heterocycles. The summed E-state index contributed by atoms with van der Waals surface area (Å²) in [5.74, 6) is 0.995. The van der Waals surface area contributed by atoms with Gasteiger partial charge in [-0.3, -0.25) is 14.5 Å². The first kappa shape index (κ1) is 18.2. The van der Waals surface area contributed by atoms with Gasteiger partial charge in [-0.1, -0.05) is 5.16 Å². The van der Waals surface area contributed by atoms with Crippen molar-refractivity contribution >= 4 is 11.9 Å². The summed E-state index contributed by atoms with van der Waals surface area (Å²) in [5, 5.41) is 15.6. The molecule has 0 saturated carbocycles. The van der Waals surface area contributed by atoms with Crippen molar-refractivity contribution in [2.24, 2.45) is 0 Å². The highest BCUT2D eigenvalue weighted by molar-refractivity contribution is 5.80. The number of aromatic nitrogens is 2. The summed E-state index contributed by atoms with van der Waals surface area (Å²) in [5.41, 5.74) is 0.762. The van der Waals surface area contributed by atoms with E-state index in [1.54, 1.807) is 12.1 Å². The van der Waals surface area contributed by atoms with E-state index in [2.05, 4.69) is 15.5 Å². The van der Waals surface area contributed by atoms with E-state index in [-0.39, 0.29) is 37.6 Å². The molecule has 1 aromatic carbocycles. The maximum absolute atomic E-state index is 11.9. The van der Waals surface area contributed by atoms with Crippen LogP contribution in [0, 0.1) is 0 Å². The average molecular weight is 388 g/mol. The van der Waals surface area contributed by atoms with E-state index in [1.165, 1.54) is 0 Å². The van der Waals surface area contributed by atoms with Crippen molar-refractivity contribution in [2.75, 3.05) is 20.4 Å². The molecule has 0 spiro atoms. The standard InChI is InChI=1S/C18H20N4O6/c1-22-8-11(19-15(23)4-5-16(24)25)7-12(22)18-20-17(21-28-18)10-2-3-13-14(6-10)27-9-26-13/h2-3,6,11-12H,4-5,7-9H2,1H3,(H,19,23)(H,24,25). The summed E-state index contributed by atoms with van der Waals surface area (Å²) < 4.78 is 16.1. The van der Waals surface area contributed by atoms with Crippen LogP contribution in [0.1, 0.15) is 31.2 Å². The van der Waals surface area contributed by atoms with Gasteiger partial charge in [-0.25, -0.2) is 0 Å². The highest BCUT2D eigenvalue weighted by Gasteiger charge is 2.35. The van der Waals surface area contributed by atoms with Crippen molar-refractivity contribution in [3.05, 3.63) is 24.1 Å². The maximum Gasteiger partial charge on any atom is 0.303 e. The maximum atomic E-state index is 11.9. The number of ether oxygens (including phenoxy) is 2. The second-order valence-electron chi connectivity index (χ2n) is 6.87. The smallest absolute Gasteiger partial charge is 0.303 e. The fourth-order valence-electron chi connectivity index (χ4n) is 3.44. The zero-order valence-corrected chi connectivity index (χ0v) is 15.3. The summed E-state index contributed by atoms with van der Waals surface area (Å²) in [4.78, 5) is 29.0. The summed E-state index contributed by atoms with van der Waals surface area (Å²) in [6, 6.07) is 5.22. The molecule has 1 aromatic heterocycles. The number of fused-ring (bicyclic) bond motifs is 1. The van der Waals surface area contributed by atoms with Crippen molar-refractivity contribution in [2.45, 2.75) is 31.3 Å². The first-order valence-corrected chi connectivity index (χ1v) is 8.94. The molecule has 0 radical (unpaired) electrons. The van der Waals surface area contributed by atoms with Crippen LogP contribution in [0.15, 0.2) is 22.7 Å². The molecule has 1 amide bonds. The number of carboxylic acid groups (broad SMARTS) is 1. The van der Waals surface area contributed by atoms with Gasteiger partial charge in [0.1, 0.15) is 0 Å². The van der Waals surface area contributed by atoms with Crippen LogP contribution in [-0.4, -0.2) is 58.5 Å². The second kappa shape index (κ2) is 7.47. The summed E-state index contributed by atoms with van der Waals surface area (Å²) in [7, 11) is 1.92. The fraction of sp³-hybridized carbons (Fsp3) is 0.444. The zero-order chi connectivity index (χ0) is 19.7. The lowest BCUT2D eigenvalue weighted by Crippen LogP contribution is -2.36. The Kier molecular flexibility index (Phi) is 4.86. The number of aliphatic carboxylic acids is 1. The van der Waals surface area contributed by atoms with Gasteiger partial charge in [-0.2, -0.15) is 4.98 Å². The largest absolute Gasteiger partial charge is 0.481 e. The molecule has 10 nitrogen and oxygen atoms in total. The summed E-state index contributed by atoms with van der Waals surface area (Å²) in [6.45, 7) is 0.813. The third-order valence-electron chi connectivity index (χ3n) is 4.84. The van der Waals surface area contributed by atoms with E-state index < -0.39 is 5.97 Å². The number of rotatable bonds is 6. The lowest BCUT2D eigenvalue weighted by atomic mass is 10.1. The van der Waals surface area contributed by atoms with E-state index >= 15 is 0 Å². The highest BCUT2D eigenvalue weighted by atomic mass is 16.7. The van der Waals surface area contributed by atoms with Crippen LogP contribution in [0.2, 0.25) is 0 Å². The molecule has 2 aliphatic rings. The molecule has 1 fully saturated rings. The van der Waals surface area contributed by atoms with Crippen LogP contribution in [-0.2, 0) is 9.59 Å². The topological polar surface area (TPSA) is 127 Å². The third kappa shape index (κ3) is 3.77. The van der Waals surface area contributed by atoms with Gasteiger partial charge < -0.3 is 24.4 Å². The molecular weight excluding hydrogens is 368 g/mol. The van der Waals surface area contributed by atoms with Crippen LogP contribution in [0.4, 0.5) is 0 Å². The first-order valence-electron chi connectivity index (χ1n) is 8.94.